The first-order valence-electron chi connectivity index (χ1n) is 6.01. The minimum Gasteiger partial charge on any atom is -0.316 e. The van der Waals surface area contributed by atoms with Crippen molar-refractivity contribution in [3.8, 4) is 0 Å². The Kier molecular flexibility index (Phi) is 2.95. The van der Waals surface area contributed by atoms with Crippen LogP contribution in [0.3, 0.4) is 0 Å². The number of fused-ring (bicyclic) bond motifs is 1. The van der Waals surface area contributed by atoms with E-state index in [1.165, 1.54) is 22.4 Å². The number of hydrogen-bond donors (Lipinski definition) is 1. The van der Waals surface area contributed by atoms with E-state index in [4.69, 9.17) is 0 Å². The Morgan fingerprint density at radius 1 is 1.47 bits per heavy atom. The Balaban J connectivity index is 1.76. The molecule has 1 aliphatic carbocycles. The summed E-state index contributed by atoms with van der Waals surface area (Å²) in [5, 5.41) is 3.46. The molecule has 0 amide bonds. The largest absolute Gasteiger partial charge is 0.316 e. The maximum atomic E-state index is 4.15. The first-order valence-corrected chi connectivity index (χ1v) is 6.89. The summed E-state index contributed by atoms with van der Waals surface area (Å²) in [6, 6.07) is 9.31. The van der Waals surface area contributed by atoms with Gasteiger partial charge in [-0.25, -0.2) is 0 Å². The molecule has 2 unspecified atom stereocenters. The molecule has 2 nitrogen and oxygen atoms in total. The molecule has 0 saturated heterocycles. The summed E-state index contributed by atoms with van der Waals surface area (Å²) in [6.45, 7) is 0. The molecule has 17 heavy (non-hydrogen) atoms. The first-order chi connectivity index (χ1) is 8.38. The van der Waals surface area contributed by atoms with Gasteiger partial charge < -0.3 is 5.32 Å². The average molecular weight is 244 g/mol. The highest BCUT2D eigenvalue weighted by molar-refractivity contribution is 7.09. The zero-order chi connectivity index (χ0) is 11.7. The lowest BCUT2D eigenvalue weighted by Gasteiger charge is -2.36. The molecule has 0 fully saturated rings. The van der Waals surface area contributed by atoms with Crippen molar-refractivity contribution in [3.05, 3.63) is 52.0 Å². The van der Waals surface area contributed by atoms with Gasteiger partial charge in [0.05, 0.1) is 5.51 Å². The SMILES string of the molecule is CNC(Cc1cncs1)C1Cc2ccccc21. The number of rotatable bonds is 4. The normalized spacial score (nSPS) is 19.5. The molecule has 2 atom stereocenters. The van der Waals surface area contributed by atoms with Crippen molar-refractivity contribution >= 4 is 11.3 Å². The average Bonchev–Trinajstić information content (AvgIpc) is 2.82. The van der Waals surface area contributed by atoms with Crippen LogP contribution in [0.2, 0.25) is 0 Å². The van der Waals surface area contributed by atoms with Gasteiger partial charge in [0.15, 0.2) is 0 Å². The van der Waals surface area contributed by atoms with Crippen LogP contribution in [0.15, 0.2) is 36.0 Å². The van der Waals surface area contributed by atoms with Crippen molar-refractivity contribution in [3.63, 3.8) is 0 Å². The number of nitrogens with one attached hydrogen (secondary N) is 1. The standard InChI is InChI=1S/C14H16N2S/c1-15-14(7-11-8-16-9-17-11)13-6-10-4-2-3-5-12(10)13/h2-5,8-9,13-15H,6-7H2,1H3. The zero-order valence-corrected chi connectivity index (χ0v) is 10.7. The Morgan fingerprint density at radius 3 is 3.06 bits per heavy atom. The van der Waals surface area contributed by atoms with E-state index in [9.17, 15) is 0 Å². The highest BCUT2D eigenvalue weighted by Crippen LogP contribution is 2.38. The van der Waals surface area contributed by atoms with E-state index < -0.39 is 0 Å². The summed E-state index contributed by atoms with van der Waals surface area (Å²) in [5.41, 5.74) is 4.95. The fourth-order valence-electron chi connectivity index (χ4n) is 2.66. The van der Waals surface area contributed by atoms with Gasteiger partial charge in [0.2, 0.25) is 0 Å². The van der Waals surface area contributed by atoms with E-state index >= 15 is 0 Å². The van der Waals surface area contributed by atoms with Crippen LogP contribution in [0, 0.1) is 0 Å². The number of benzene rings is 1. The van der Waals surface area contributed by atoms with Crippen molar-refractivity contribution in [2.24, 2.45) is 0 Å². The third-order valence-electron chi connectivity index (χ3n) is 3.66. The number of thiazole rings is 1. The minimum atomic E-state index is 0.533. The molecule has 1 heterocycles. The van der Waals surface area contributed by atoms with Gasteiger partial charge in [-0.2, -0.15) is 0 Å². The molecule has 3 heteroatoms. The van der Waals surface area contributed by atoms with E-state index in [0.717, 1.165) is 6.42 Å². The fraction of sp³-hybridized carbons (Fsp3) is 0.357. The molecule has 1 aliphatic rings. The van der Waals surface area contributed by atoms with Gasteiger partial charge in [-0.15, -0.1) is 11.3 Å². The predicted octanol–water partition coefficient (Wildman–Crippen LogP) is 2.61. The smallest absolute Gasteiger partial charge is 0.0794 e. The van der Waals surface area contributed by atoms with E-state index in [1.54, 1.807) is 11.3 Å². The molecule has 1 aromatic heterocycles. The molecular formula is C14H16N2S. The summed E-state index contributed by atoms with van der Waals surface area (Å²) in [5.74, 6) is 0.665. The van der Waals surface area contributed by atoms with Crippen LogP contribution in [0.25, 0.3) is 0 Å². The summed E-state index contributed by atoms with van der Waals surface area (Å²) in [6.07, 6.45) is 4.28. The summed E-state index contributed by atoms with van der Waals surface area (Å²) >= 11 is 1.75. The Morgan fingerprint density at radius 2 is 2.35 bits per heavy atom. The van der Waals surface area contributed by atoms with Gasteiger partial charge >= 0.3 is 0 Å². The summed E-state index contributed by atoms with van der Waals surface area (Å²) < 4.78 is 0. The van der Waals surface area contributed by atoms with Gasteiger partial charge in [-0.3, -0.25) is 4.98 Å². The van der Waals surface area contributed by atoms with Crippen LogP contribution in [-0.4, -0.2) is 18.1 Å². The van der Waals surface area contributed by atoms with E-state index in [2.05, 4.69) is 41.6 Å². The monoisotopic (exact) mass is 244 g/mol. The van der Waals surface area contributed by atoms with Crippen LogP contribution in [0.5, 0.6) is 0 Å². The zero-order valence-electron chi connectivity index (χ0n) is 9.89. The van der Waals surface area contributed by atoms with Gasteiger partial charge in [0, 0.05) is 23.0 Å². The van der Waals surface area contributed by atoms with Crippen LogP contribution < -0.4 is 5.32 Å². The second-order valence-corrected chi connectivity index (χ2v) is 5.55. The molecule has 0 aliphatic heterocycles. The molecule has 1 N–H and O–H groups in total. The van der Waals surface area contributed by atoms with E-state index in [0.29, 0.717) is 12.0 Å². The molecule has 88 valence electrons. The minimum absolute atomic E-state index is 0.533. The van der Waals surface area contributed by atoms with Gasteiger partial charge in [-0.1, -0.05) is 24.3 Å². The van der Waals surface area contributed by atoms with E-state index in [1.807, 2.05) is 11.7 Å². The molecule has 3 rings (SSSR count). The third-order valence-corrected chi connectivity index (χ3v) is 4.46. The maximum Gasteiger partial charge on any atom is 0.0794 e. The first kappa shape index (κ1) is 10.9. The lowest BCUT2D eigenvalue weighted by Crippen LogP contribution is -2.39. The van der Waals surface area contributed by atoms with Crippen LogP contribution >= 0.6 is 11.3 Å². The number of aromatic nitrogens is 1. The maximum absolute atomic E-state index is 4.15. The van der Waals surface area contributed by atoms with Crippen molar-refractivity contribution in [1.29, 1.82) is 0 Å². The highest BCUT2D eigenvalue weighted by Gasteiger charge is 2.31. The molecule has 0 bridgehead atoms. The molecule has 1 aromatic carbocycles. The molecule has 0 saturated carbocycles. The van der Waals surface area contributed by atoms with Crippen LogP contribution in [0.1, 0.15) is 21.9 Å². The second-order valence-electron chi connectivity index (χ2n) is 4.58. The Hall–Kier alpha value is -1.19. The fourth-order valence-corrected chi connectivity index (χ4v) is 3.32. The van der Waals surface area contributed by atoms with Crippen LogP contribution in [0.4, 0.5) is 0 Å². The topological polar surface area (TPSA) is 24.9 Å². The van der Waals surface area contributed by atoms with Gasteiger partial charge in [0.25, 0.3) is 0 Å². The summed E-state index contributed by atoms with van der Waals surface area (Å²) in [7, 11) is 2.06. The van der Waals surface area contributed by atoms with Crippen molar-refractivity contribution in [2.45, 2.75) is 24.8 Å². The van der Waals surface area contributed by atoms with Crippen molar-refractivity contribution in [2.75, 3.05) is 7.05 Å². The second kappa shape index (κ2) is 4.59. The number of hydrogen-bond acceptors (Lipinski definition) is 3. The molecule has 0 radical (unpaired) electrons. The molecule has 0 spiro atoms. The van der Waals surface area contributed by atoms with Gasteiger partial charge in [0.1, 0.15) is 0 Å². The number of nitrogens with zero attached hydrogens (tertiary/aromatic N) is 1. The summed E-state index contributed by atoms with van der Waals surface area (Å²) in [4.78, 5) is 5.52. The predicted molar refractivity (Wildman–Crippen MR) is 71.6 cm³/mol. The molecular weight excluding hydrogens is 228 g/mol. The Labute approximate surface area is 106 Å². The molecule has 2 aromatic rings. The lowest BCUT2D eigenvalue weighted by atomic mass is 9.72. The third kappa shape index (κ3) is 2.01. The quantitative estimate of drug-likeness (QED) is 0.894. The van der Waals surface area contributed by atoms with Gasteiger partial charge in [-0.05, 0) is 31.0 Å². The van der Waals surface area contributed by atoms with Crippen molar-refractivity contribution < 1.29 is 0 Å². The van der Waals surface area contributed by atoms with Crippen molar-refractivity contribution in [1.82, 2.24) is 10.3 Å². The lowest BCUT2D eigenvalue weighted by molar-refractivity contribution is 0.424. The Bertz CT molecular complexity index is 493. The highest BCUT2D eigenvalue weighted by atomic mass is 32.1. The van der Waals surface area contributed by atoms with E-state index in [-0.39, 0.29) is 0 Å². The van der Waals surface area contributed by atoms with Crippen LogP contribution in [-0.2, 0) is 12.8 Å². The number of likely N-dealkylation sites (N-methyl/N-ethyl adjacent to an activating group) is 1.